The van der Waals surface area contributed by atoms with Crippen molar-refractivity contribution in [3.63, 3.8) is 0 Å². The van der Waals surface area contributed by atoms with Gasteiger partial charge in [0, 0.05) is 40.3 Å². The molecule has 0 fully saturated rings. The van der Waals surface area contributed by atoms with Gasteiger partial charge in [0.1, 0.15) is 29.7 Å². The van der Waals surface area contributed by atoms with E-state index in [0.29, 0.717) is 27.0 Å². The number of benzene rings is 4. The van der Waals surface area contributed by atoms with Crippen LogP contribution >= 0.6 is 30.8 Å². The second-order valence-corrected chi connectivity index (χ2v) is 18.5. The molecule has 0 saturated heterocycles. The summed E-state index contributed by atoms with van der Waals surface area (Å²) in [6, 6.07) is 17.0. The average Bonchev–Trinajstić information content (AvgIpc) is 3.53. The third kappa shape index (κ3) is 9.12. The molecule has 1 unspecified atom stereocenters. The van der Waals surface area contributed by atoms with Crippen LogP contribution in [-0.4, -0.2) is 46.9 Å². The summed E-state index contributed by atoms with van der Waals surface area (Å²) >= 11 is 13.2. The molecular weight excluding hydrogens is 784 g/mol. The number of imidazole rings is 1. The molecule has 0 saturated carbocycles. The molecule has 0 radical (unpaired) electrons. The van der Waals surface area contributed by atoms with Gasteiger partial charge < -0.3 is 19.3 Å². The SMILES string of the molecule is CC(C)(O)c1cn(-c2ccc(-c3cc(F)c(COC(=O)c4cccc(COP(C)(=O)O)c4)c(S(C)(=O)=O)c3)cc2F)c(C(C)(C)c2c(Cl)cccc2Cl)n1. The van der Waals surface area contributed by atoms with E-state index in [1.807, 2.05) is 13.8 Å². The fourth-order valence-corrected chi connectivity index (χ4v) is 8.04. The molecular formula is C38H37Cl2F2N2O8PS. The van der Waals surface area contributed by atoms with Crippen molar-refractivity contribution in [1.29, 1.82) is 0 Å². The highest BCUT2D eigenvalue weighted by atomic mass is 35.5. The van der Waals surface area contributed by atoms with E-state index in [-0.39, 0.29) is 34.7 Å². The quantitative estimate of drug-likeness (QED) is 0.0932. The van der Waals surface area contributed by atoms with Crippen molar-refractivity contribution in [3.8, 4) is 16.8 Å². The zero-order valence-electron chi connectivity index (χ0n) is 30.0. The van der Waals surface area contributed by atoms with E-state index in [1.54, 1.807) is 24.3 Å². The van der Waals surface area contributed by atoms with Crippen molar-refractivity contribution >= 4 is 46.6 Å². The maximum absolute atomic E-state index is 16.2. The first-order valence-corrected chi connectivity index (χ1v) is 21.0. The Balaban J connectivity index is 1.50. The van der Waals surface area contributed by atoms with Gasteiger partial charge in [0.2, 0.25) is 0 Å². The van der Waals surface area contributed by atoms with Crippen molar-refractivity contribution in [2.45, 2.75) is 56.8 Å². The Morgan fingerprint density at radius 1 is 0.926 bits per heavy atom. The molecule has 10 nitrogen and oxygen atoms in total. The number of sulfone groups is 1. The molecule has 1 aromatic heterocycles. The minimum atomic E-state index is -4.10. The zero-order chi connectivity index (χ0) is 40.0. The Kier molecular flexibility index (Phi) is 11.7. The molecule has 0 bridgehead atoms. The highest BCUT2D eigenvalue weighted by molar-refractivity contribution is 7.90. The molecule has 0 aliphatic rings. The van der Waals surface area contributed by atoms with Gasteiger partial charge >= 0.3 is 13.6 Å². The number of esters is 1. The Hall–Kier alpha value is -3.94. The molecule has 0 aliphatic heterocycles. The van der Waals surface area contributed by atoms with Crippen LogP contribution in [0.3, 0.4) is 0 Å². The van der Waals surface area contributed by atoms with Crippen LogP contribution in [0.25, 0.3) is 16.8 Å². The fraction of sp³-hybridized carbons (Fsp3) is 0.263. The summed E-state index contributed by atoms with van der Waals surface area (Å²) in [5.74, 6) is -2.39. The topological polar surface area (TPSA) is 145 Å². The predicted octanol–water partition coefficient (Wildman–Crippen LogP) is 8.77. The first-order valence-electron chi connectivity index (χ1n) is 16.3. The minimum Gasteiger partial charge on any atom is -0.457 e. The van der Waals surface area contributed by atoms with Crippen LogP contribution in [0.15, 0.2) is 83.9 Å². The van der Waals surface area contributed by atoms with Gasteiger partial charge in [0.05, 0.1) is 33.9 Å². The fourth-order valence-electron chi connectivity index (χ4n) is 5.84. The molecule has 54 heavy (non-hydrogen) atoms. The summed E-state index contributed by atoms with van der Waals surface area (Å²) < 4.78 is 80.9. The number of hydrogen-bond acceptors (Lipinski definition) is 8. The summed E-state index contributed by atoms with van der Waals surface area (Å²) in [5.41, 5.74) is -1.46. The Morgan fingerprint density at radius 2 is 1.56 bits per heavy atom. The lowest BCUT2D eigenvalue weighted by molar-refractivity contribution is 0.0465. The van der Waals surface area contributed by atoms with E-state index in [4.69, 9.17) is 37.4 Å². The second kappa shape index (κ2) is 15.3. The lowest BCUT2D eigenvalue weighted by atomic mass is 9.83. The summed E-state index contributed by atoms with van der Waals surface area (Å²) in [7, 11) is -7.88. The number of nitrogens with zero attached hydrogens (tertiary/aromatic N) is 2. The molecule has 0 amide bonds. The van der Waals surface area contributed by atoms with Crippen molar-refractivity contribution < 1.29 is 45.8 Å². The monoisotopic (exact) mass is 820 g/mol. The van der Waals surface area contributed by atoms with Crippen LogP contribution in [0.4, 0.5) is 8.78 Å². The second-order valence-electron chi connectivity index (χ2n) is 13.8. The highest BCUT2D eigenvalue weighted by Gasteiger charge is 2.36. The van der Waals surface area contributed by atoms with Gasteiger partial charge in [-0.1, -0.05) is 47.5 Å². The molecule has 0 spiro atoms. The van der Waals surface area contributed by atoms with Gasteiger partial charge in [-0.05, 0) is 92.9 Å². The highest BCUT2D eigenvalue weighted by Crippen LogP contribution is 2.42. The van der Waals surface area contributed by atoms with Gasteiger partial charge in [-0.25, -0.2) is 27.0 Å². The zero-order valence-corrected chi connectivity index (χ0v) is 33.2. The van der Waals surface area contributed by atoms with E-state index in [0.717, 1.165) is 25.1 Å². The molecule has 5 aromatic rings. The Labute approximate surface area is 321 Å². The molecule has 286 valence electrons. The number of carbonyl (C=O) groups excluding carboxylic acids is 1. The van der Waals surface area contributed by atoms with Gasteiger partial charge in [-0.15, -0.1) is 0 Å². The normalized spacial score (nSPS) is 13.5. The van der Waals surface area contributed by atoms with Crippen molar-refractivity contribution in [3.05, 3.63) is 134 Å². The van der Waals surface area contributed by atoms with Crippen LogP contribution in [-0.2, 0) is 47.9 Å². The van der Waals surface area contributed by atoms with Crippen molar-refractivity contribution in [2.75, 3.05) is 12.9 Å². The van der Waals surface area contributed by atoms with Crippen molar-refractivity contribution in [1.82, 2.24) is 9.55 Å². The summed E-state index contributed by atoms with van der Waals surface area (Å²) in [6.45, 7) is 6.70. The first kappa shape index (κ1) is 41.2. The largest absolute Gasteiger partial charge is 0.457 e. The summed E-state index contributed by atoms with van der Waals surface area (Å²) in [6.07, 6.45) is 2.37. The number of ether oxygens (including phenoxy) is 1. The van der Waals surface area contributed by atoms with Crippen LogP contribution in [0, 0.1) is 11.6 Å². The van der Waals surface area contributed by atoms with E-state index >= 15 is 8.78 Å². The molecule has 1 heterocycles. The maximum Gasteiger partial charge on any atom is 0.338 e. The van der Waals surface area contributed by atoms with Crippen LogP contribution in [0.1, 0.15) is 66.3 Å². The number of halogens is 4. The lowest BCUT2D eigenvalue weighted by Crippen LogP contribution is -2.25. The van der Waals surface area contributed by atoms with Crippen LogP contribution in [0.5, 0.6) is 0 Å². The Bertz CT molecular complexity index is 2400. The molecule has 16 heteroatoms. The van der Waals surface area contributed by atoms with E-state index in [9.17, 15) is 27.8 Å². The molecule has 5 rings (SSSR count). The van der Waals surface area contributed by atoms with Crippen LogP contribution in [0.2, 0.25) is 10.0 Å². The van der Waals surface area contributed by atoms with E-state index in [1.165, 1.54) is 61.0 Å². The summed E-state index contributed by atoms with van der Waals surface area (Å²) in [5, 5.41) is 11.6. The molecule has 0 aliphatic carbocycles. The first-order chi connectivity index (χ1) is 25.0. The number of rotatable bonds is 12. The third-order valence-electron chi connectivity index (χ3n) is 8.56. The smallest absolute Gasteiger partial charge is 0.338 e. The van der Waals surface area contributed by atoms with Gasteiger partial charge in [0.25, 0.3) is 0 Å². The van der Waals surface area contributed by atoms with E-state index in [2.05, 4.69) is 0 Å². The van der Waals surface area contributed by atoms with Gasteiger partial charge in [-0.2, -0.15) is 0 Å². The van der Waals surface area contributed by atoms with E-state index < -0.39 is 63.1 Å². The third-order valence-corrected chi connectivity index (χ3v) is 11.0. The lowest BCUT2D eigenvalue weighted by Gasteiger charge is -2.28. The predicted molar refractivity (Wildman–Crippen MR) is 202 cm³/mol. The minimum absolute atomic E-state index is 0.0162. The van der Waals surface area contributed by atoms with Crippen LogP contribution < -0.4 is 0 Å². The number of carbonyl (C=O) groups is 1. The number of aromatic nitrogens is 2. The average molecular weight is 822 g/mol. The van der Waals surface area contributed by atoms with Crippen molar-refractivity contribution in [2.24, 2.45) is 0 Å². The standard InChI is InChI=1S/C38H37Cl2F2N2O8PS/c1-37(2,34-27(39)11-8-12-28(34)40)36-43-33(38(3,4)46)19-44(36)31-14-13-23(16-30(31)42)25-17-29(41)26(32(18-25)54(6,49)50)21-51-35(45)24-10-7-9-22(15-24)20-52-53(5,47)48/h7-19,46H,20-21H2,1-6H3,(H,47,48). The summed E-state index contributed by atoms with van der Waals surface area (Å²) in [4.78, 5) is 26.5. The number of aliphatic hydroxyl groups is 1. The molecule has 2 N–H and O–H groups in total. The molecule has 4 aromatic carbocycles. The molecule has 1 atom stereocenters. The van der Waals surface area contributed by atoms with Gasteiger partial charge in [0.15, 0.2) is 9.84 Å². The Morgan fingerprint density at radius 3 is 2.15 bits per heavy atom. The maximum atomic E-state index is 16.2. The number of hydrogen-bond donors (Lipinski definition) is 2. The van der Waals surface area contributed by atoms with Gasteiger partial charge in [-0.3, -0.25) is 9.13 Å².